The van der Waals surface area contributed by atoms with E-state index in [1.165, 1.54) is 0 Å². The molecule has 2 aromatic carbocycles. The van der Waals surface area contributed by atoms with Gasteiger partial charge < -0.3 is 4.74 Å². The monoisotopic (exact) mass is 302 g/mol. The first-order chi connectivity index (χ1) is 8.74. The average molecular weight is 303 g/mol. The van der Waals surface area contributed by atoms with Crippen LogP contribution in [0, 0.1) is 0 Å². The number of benzene rings is 2. The maximum absolute atomic E-state index is 12.1. The second-order valence-corrected chi connectivity index (χ2v) is 5.22. The Morgan fingerprint density at radius 2 is 1.89 bits per heavy atom. The van der Waals surface area contributed by atoms with Crippen molar-refractivity contribution in [3.63, 3.8) is 0 Å². The molecule has 0 spiro atoms. The summed E-state index contributed by atoms with van der Waals surface area (Å²) in [5.41, 5.74) is 1.86. The number of halogens is 1. The fourth-order valence-electron chi connectivity index (χ4n) is 2.16. The molecule has 0 aromatic heterocycles. The van der Waals surface area contributed by atoms with Gasteiger partial charge in [0.2, 0.25) is 0 Å². The van der Waals surface area contributed by atoms with Gasteiger partial charge >= 0.3 is 0 Å². The predicted octanol–water partition coefficient (Wildman–Crippen LogP) is 3.69. The number of ketones is 1. The van der Waals surface area contributed by atoms with Gasteiger partial charge in [0.1, 0.15) is 5.75 Å². The lowest BCUT2D eigenvalue weighted by molar-refractivity contribution is -0.126. The molecule has 1 aliphatic heterocycles. The van der Waals surface area contributed by atoms with E-state index < -0.39 is 6.10 Å². The number of hydrogen-bond donors (Lipinski definition) is 0. The Morgan fingerprint density at radius 3 is 2.67 bits per heavy atom. The molecule has 0 amide bonds. The number of carbonyl (C=O) groups is 1. The van der Waals surface area contributed by atoms with Crippen LogP contribution in [0.1, 0.15) is 17.2 Å². The highest BCUT2D eigenvalue weighted by atomic mass is 79.9. The topological polar surface area (TPSA) is 26.3 Å². The Bertz CT molecular complexity index is 593. The number of hydrogen-bond acceptors (Lipinski definition) is 2. The first-order valence-electron chi connectivity index (χ1n) is 5.77. The minimum absolute atomic E-state index is 0.104. The van der Waals surface area contributed by atoms with E-state index in [0.29, 0.717) is 6.42 Å². The van der Waals surface area contributed by atoms with Gasteiger partial charge in [-0.25, -0.2) is 0 Å². The van der Waals surface area contributed by atoms with E-state index in [9.17, 15) is 4.79 Å². The second-order valence-electron chi connectivity index (χ2n) is 4.30. The molecule has 3 rings (SSSR count). The number of ether oxygens (including phenoxy) is 1. The summed E-state index contributed by atoms with van der Waals surface area (Å²) in [6.07, 6.45) is -0.0474. The lowest BCUT2D eigenvalue weighted by Crippen LogP contribution is -2.25. The van der Waals surface area contributed by atoms with Crippen LogP contribution in [0.25, 0.3) is 0 Å². The van der Waals surface area contributed by atoms with Crippen LogP contribution in [0.2, 0.25) is 0 Å². The fourth-order valence-corrected chi connectivity index (χ4v) is 2.56. The number of rotatable bonds is 1. The third-order valence-corrected chi connectivity index (χ3v) is 3.52. The first-order valence-corrected chi connectivity index (χ1v) is 6.56. The van der Waals surface area contributed by atoms with Gasteiger partial charge in [0.15, 0.2) is 11.9 Å². The molecule has 2 aromatic rings. The van der Waals surface area contributed by atoms with Crippen LogP contribution in [0.4, 0.5) is 0 Å². The Labute approximate surface area is 114 Å². The molecular weight excluding hydrogens is 292 g/mol. The van der Waals surface area contributed by atoms with Crippen LogP contribution < -0.4 is 4.74 Å². The quantitative estimate of drug-likeness (QED) is 0.803. The molecule has 0 saturated heterocycles. The van der Waals surface area contributed by atoms with Crippen LogP contribution in [-0.4, -0.2) is 5.78 Å². The van der Waals surface area contributed by atoms with E-state index in [-0.39, 0.29) is 5.78 Å². The molecule has 0 radical (unpaired) electrons. The Balaban J connectivity index is 1.97. The highest BCUT2D eigenvalue weighted by molar-refractivity contribution is 9.10. The molecule has 18 heavy (non-hydrogen) atoms. The van der Waals surface area contributed by atoms with Crippen molar-refractivity contribution in [3.8, 4) is 5.75 Å². The molecule has 1 atom stereocenters. The molecule has 0 aliphatic carbocycles. The highest BCUT2D eigenvalue weighted by Crippen LogP contribution is 2.34. The summed E-state index contributed by atoms with van der Waals surface area (Å²) in [6, 6.07) is 15.4. The number of carbonyl (C=O) groups excluding carboxylic acids is 1. The van der Waals surface area contributed by atoms with E-state index in [1.807, 2.05) is 48.5 Å². The molecule has 0 fully saturated rings. The molecular formula is C15H11BrO2. The molecule has 0 N–H and O–H groups in total. The zero-order valence-corrected chi connectivity index (χ0v) is 11.2. The van der Waals surface area contributed by atoms with E-state index in [0.717, 1.165) is 21.3 Å². The van der Waals surface area contributed by atoms with Crippen molar-refractivity contribution in [1.82, 2.24) is 0 Å². The van der Waals surface area contributed by atoms with Crippen molar-refractivity contribution in [2.45, 2.75) is 12.5 Å². The normalized spacial score (nSPS) is 18.1. The van der Waals surface area contributed by atoms with E-state index >= 15 is 0 Å². The fraction of sp³-hybridized carbons (Fsp3) is 0.133. The van der Waals surface area contributed by atoms with Gasteiger partial charge in [-0.3, -0.25) is 4.79 Å². The van der Waals surface area contributed by atoms with Gasteiger partial charge in [-0.2, -0.15) is 0 Å². The van der Waals surface area contributed by atoms with E-state index in [4.69, 9.17) is 4.74 Å². The zero-order chi connectivity index (χ0) is 12.5. The smallest absolute Gasteiger partial charge is 0.182 e. The van der Waals surface area contributed by atoms with Crippen LogP contribution in [0.15, 0.2) is 53.0 Å². The van der Waals surface area contributed by atoms with Gasteiger partial charge in [0, 0.05) is 16.5 Å². The Hall–Kier alpha value is -1.61. The summed E-state index contributed by atoms with van der Waals surface area (Å²) >= 11 is 3.40. The van der Waals surface area contributed by atoms with E-state index in [2.05, 4.69) is 15.9 Å². The minimum atomic E-state index is -0.472. The van der Waals surface area contributed by atoms with Gasteiger partial charge in [-0.1, -0.05) is 46.3 Å². The van der Waals surface area contributed by atoms with Crippen LogP contribution in [-0.2, 0) is 11.2 Å². The SMILES string of the molecule is O=C1Cc2cc(Br)ccc2OC1c1ccccc1. The summed E-state index contributed by atoms with van der Waals surface area (Å²) in [7, 11) is 0. The van der Waals surface area contributed by atoms with Crippen molar-refractivity contribution in [2.75, 3.05) is 0 Å². The van der Waals surface area contributed by atoms with Crippen molar-refractivity contribution < 1.29 is 9.53 Å². The molecule has 3 heteroatoms. The zero-order valence-electron chi connectivity index (χ0n) is 9.60. The van der Waals surface area contributed by atoms with Crippen LogP contribution >= 0.6 is 15.9 Å². The van der Waals surface area contributed by atoms with Gasteiger partial charge in [0.05, 0.1) is 0 Å². The predicted molar refractivity (Wildman–Crippen MR) is 72.7 cm³/mol. The summed E-state index contributed by atoms with van der Waals surface area (Å²) in [4.78, 5) is 12.1. The Morgan fingerprint density at radius 1 is 1.11 bits per heavy atom. The maximum atomic E-state index is 12.1. The van der Waals surface area contributed by atoms with Crippen molar-refractivity contribution in [3.05, 3.63) is 64.1 Å². The Kier molecular flexibility index (Phi) is 2.92. The molecule has 1 unspecified atom stereocenters. The molecule has 2 nitrogen and oxygen atoms in total. The lowest BCUT2D eigenvalue weighted by Gasteiger charge is -2.25. The maximum Gasteiger partial charge on any atom is 0.182 e. The minimum Gasteiger partial charge on any atom is -0.478 e. The second kappa shape index (κ2) is 4.58. The van der Waals surface area contributed by atoms with Gasteiger partial charge in [-0.05, 0) is 23.8 Å². The third kappa shape index (κ3) is 2.06. The number of fused-ring (bicyclic) bond motifs is 1. The van der Waals surface area contributed by atoms with Gasteiger partial charge in [-0.15, -0.1) is 0 Å². The molecule has 90 valence electrons. The first kappa shape index (κ1) is 11.5. The largest absolute Gasteiger partial charge is 0.478 e. The molecule has 1 aliphatic rings. The van der Waals surface area contributed by atoms with Crippen molar-refractivity contribution in [1.29, 1.82) is 0 Å². The van der Waals surface area contributed by atoms with Crippen LogP contribution in [0.5, 0.6) is 5.75 Å². The summed E-state index contributed by atoms with van der Waals surface area (Å²) in [5, 5.41) is 0. The summed E-state index contributed by atoms with van der Waals surface area (Å²) < 4.78 is 6.78. The molecule has 0 bridgehead atoms. The van der Waals surface area contributed by atoms with Crippen LogP contribution in [0.3, 0.4) is 0 Å². The van der Waals surface area contributed by atoms with Crippen molar-refractivity contribution >= 4 is 21.7 Å². The standard InChI is InChI=1S/C15H11BrO2/c16-12-6-7-14-11(8-12)9-13(17)15(18-14)10-4-2-1-3-5-10/h1-8,15H,9H2. The van der Waals surface area contributed by atoms with E-state index in [1.54, 1.807) is 0 Å². The summed E-state index contributed by atoms with van der Waals surface area (Å²) in [6.45, 7) is 0. The number of Topliss-reactive ketones (excluding diaryl/α,β-unsaturated/α-hetero) is 1. The van der Waals surface area contributed by atoms with Crippen molar-refractivity contribution in [2.24, 2.45) is 0 Å². The molecule has 0 saturated carbocycles. The average Bonchev–Trinajstić information content (AvgIpc) is 2.39. The van der Waals surface area contributed by atoms with Gasteiger partial charge in [0.25, 0.3) is 0 Å². The lowest BCUT2D eigenvalue weighted by atomic mass is 9.96. The molecule has 1 heterocycles. The highest BCUT2D eigenvalue weighted by Gasteiger charge is 2.28. The summed E-state index contributed by atoms with van der Waals surface area (Å²) in [5.74, 6) is 0.901. The third-order valence-electron chi connectivity index (χ3n) is 3.03.